The molecular formula is C10H21NO10. The highest BCUT2D eigenvalue weighted by atomic mass is 17.2. The van der Waals surface area contributed by atoms with Crippen molar-refractivity contribution >= 4 is 11.9 Å². The highest BCUT2D eigenvalue weighted by Crippen LogP contribution is 1.93. The largest absolute Gasteiger partial charge is 0.481 e. The molecule has 0 unspecified atom stereocenters. The predicted molar refractivity (Wildman–Crippen MR) is 65.5 cm³/mol. The van der Waals surface area contributed by atoms with Gasteiger partial charge < -0.3 is 25.5 Å². The molecule has 0 fully saturated rings. The molecular weight excluding hydrogens is 294 g/mol. The van der Waals surface area contributed by atoms with Crippen molar-refractivity contribution in [1.29, 1.82) is 0 Å². The lowest BCUT2D eigenvalue weighted by Gasteiger charge is -2.17. The molecule has 0 saturated carbocycles. The van der Waals surface area contributed by atoms with E-state index in [1.165, 1.54) is 0 Å². The summed E-state index contributed by atoms with van der Waals surface area (Å²) in [4.78, 5) is 33.4. The molecule has 0 aliphatic carbocycles. The van der Waals surface area contributed by atoms with Crippen molar-refractivity contribution < 1.29 is 49.6 Å². The molecule has 0 heterocycles. The third kappa shape index (κ3) is 21.1. The zero-order valence-corrected chi connectivity index (χ0v) is 11.4. The number of carboxylic acids is 2. The molecule has 0 aliphatic rings. The maximum atomic E-state index is 9.64. The number of hydrogen-bond acceptors (Lipinski definition) is 9. The summed E-state index contributed by atoms with van der Waals surface area (Å²) in [7, 11) is 0. The summed E-state index contributed by atoms with van der Waals surface area (Å²) >= 11 is 0. The Bertz CT molecular complexity index is 229. The molecule has 0 bridgehead atoms. The van der Waals surface area contributed by atoms with Gasteiger partial charge >= 0.3 is 11.9 Å². The van der Waals surface area contributed by atoms with Gasteiger partial charge in [-0.1, -0.05) is 0 Å². The molecule has 21 heavy (non-hydrogen) atoms. The fraction of sp³-hybridized carbons (Fsp3) is 0.800. The Morgan fingerprint density at radius 1 is 0.714 bits per heavy atom. The predicted octanol–water partition coefficient (Wildman–Crippen LogP) is -2.00. The number of nitrogens with zero attached hydrogens (tertiary/aromatic N) is 1. The van der Waals surface area contributed by atoms with Gasteiger partial charge in [-0.25, -0.2) is 14.5 Å². The number of aliphatic hydroxyl groups excluding tert-OH is 3. The topological polar surface area (TPSA) is 166 Å². The van der Waals surface area contributed by atoms with Crippen LogP contribution in [0.15, 0.2) is 0 Å². The van der Waals surface area contributed by atoms with Crippen LogP contribution in [0.3, 0.4) is 0 Å². The highest BCUT2D eigenvalue weighted by Gasteiger charge is 2.05. The van der Waals surface area contributed by atoms with Gasteiger partial charge in [-0.2, -0.15) is 0 Å². The molecule has 11 heteroatoms. The minimum absolute atomic E-state index is 0.0108. The molecule has 0 atom stereocenters. The van der Waals surface area contributed by atoms with E-state index in [1.807, 2.05) is 0 Å². The summed E-state index contributed by atoms with van der Waals surface area (Å²) in [6.07, 6.45) is -0.593. The molecule has 0 aromatic rings. The van der Waals surface area contributed by atoms with E-state index in [0.717, 1.165) is 0 Å². The van der Waals surface area contributed by atoms with Crippen LogP contribution in [-0.4, -0.2) is 82.5 Å². The minimum Gasteiger partial charge on any atom is -0.481 e. The van der Waals surface area contributed by atoms with Gasteiger partial charge in [0.25, 0.3) is 0 Å². The number of hydrogen-bond donors (Lipinski definition) is 5. The van der Waals surface area contributed by atoms with Gasteiger partial charge in [0, 0.05) is 0 Å². The zero-order chi connectivity index (χ0) is 16.5. The first kappa shape index (κ1) is 21.9. The fourth-order valence-corrected chi connectivity index (χ4v) is 0.672. The second-order valence-electron chi connectivity index (χ2n) is 3.18. The molecule has 0 radical (unpaired) electrons. The Hall–Kier alpha value is -1.34. The van der Waals surface area contributed by atoms with Crippen molar-refractivity contribution in [2.45, 2.75) is 12.8 Å². The lowest BCUT2D eigenvalue weighted by molar-refractivity contribution is -0.527. The van der Waals surface area contributed by atoms with Crippen molar-refractivity contribution in [2.75, 3.05) is 39.6 Å². The van der Waals surface area contributed by atoms with E-state index in [1.54, 1.807) is 0 Å². The third-order valence-corrected chi connectivity index (χ3v) is 1.42. The summed E-state index contributed by atoms with van der Waals surface area (Å²) in [5.41, 5.74) is 0. The van der Waals surface area contributed by atoms with Crippen molar-refractivity contribution in [3.05, 3.63) is 0 Å². The fourth-order valence-electron chi connectivity index (χ4n) is 0.672. The molecule has 126 valence electrons. The van der Waals surface area contributed by atoms with E-state index < -0.39 is 11.9 Å². The van der Waals surface area contributed by atoms with E-state index in [4.69, 9.17) is 40.0 Å². The first-order chi connectivity index (χ1) is 9.97. The van der Waals surface area contributed by atoms with Gasteiger partial charge in [0.1, 0.15) is 0 Å². The van der Waals surface area contributed by atoms with Crippen molar-refractivity contribution in [1.82, 2.24) is 5.39 Å². The summed E-state index contributed by atoms with van der Waals surface area (Å²) in [5, 5.41) is 41.7. The van der Waals surface area contributed by atoms with E-state index >= 15 is 0 Å². The zero-order valence-electron chi connectivity index (χ0n) is 11.4. The van der Waals surface area contributed by atoms with Crippen LogP contribution >= 0.6 is 0 Å². The molecule has 0 saturated heterocycles. The molecule has 0 amide bonds. The average Bonchev–Trinajstić information content (AvgIpc) is 2.45. The first-order valence-corrected chi connectivity index (χ1v) is 5.92. The van der Waals surface area contributed by atoms with Gasteiger partial charge in [0.15, 0.2) is 0 Å². The van der Waals surface area contributed by atoms with Gasteiger partial charge in [0.05, 0.1) is 57.9 Å². The molecule has 0 spiro atoms. The Morgan fingerprint density at radius 2 is 1.00 bits per heavy atom. The summed E-state index contributed by atoms with van der Waals surface area (Å²) in [6.45, 7) is -0.505. The van der Waals surface area contributed by atoms with Crippen LogP contribution < -0.4 is 0 Å². The van der Waals surface area contributed by atoms with E-state index in [-0.39, 0.29) is 52.5 Å². The Morgan fingerprint density at radius 3 is 1.19 bits per heavy atom. The van der Waals surface area contributed by atoms with Gasteiger partial charge in [-0.3, -0.25) is 9.59 Å². The van der Waals surface area contributed by atoms with Crippen LogP contribution in [0.25, 0.3) is 0 Å². The maximum Gasteiger partial charge on any atom is 0.303 e. The molecule has 0 aromatic heterocycles. The summed E-state index contributed by atoms with van der Waals surface area (Å²) in [5.74, 6) is -2.15. The Balaban J connectivity index is 0. The lowest BCUT2D eigenvalue weighted by atomic mass is 10.3. The number of aliphatic hydroxyl groups is 3. The average molecular weight is 315 g/mol. The van der Waals surface area contributed by atoms with Crippen LogP contribution in [0.5, 0.6) is 0 Å². The highest BCUT2D eigenvalue weighted by molar-refractivity contribution is 5.75. The Kier molecular flexibility index (Phi) is 17.5. The standard InChI is InChI=1S/C6H15NO6.C4H6O4/c8-1-4-11-7(12-5-2-9)13-6-3-10;5-3(6)1-2-4(7)8/h8-10H,1-6H2;1-2H2,(H,5,6)(H,7,8). The number of rotatable bonds is 12. The molecule has 0 aliphatic heterocycles. The SMILES string of the molecule is O=C(O)CCC(=O)O.OCCON(OCCO)OCCO. The monoisotopic (exact) mass is 315 g/mol. The van der Waals surface area contributed by atoms with E-state index in [0.29, 0.717) is 5.39 Å². The van der Waals surface area contributed by atoms with Gasteiger partial charge in [0.2, 0.25) is 0 Å². The quantitative estimate of drug-likeness (QED) is 0.253. The van der Waals surface area contributed by atoms with Gasteiger partial charge in [-0.05, 0) is 0 Å². The van der Waals surface area contributed by atoms with Crippen LogP contribution in [0.1, 0.15) is 12.8 Å². The van der Waals surface area contributed by atoms with E-state index in [9.17, 15) is 9.59 Å². The first-order valence-electron chi connectivity index (χ1n) is 5.92. The summed E-state index contributed by atoms with van der Waals surface area (Å²) in [6, 6.07) is 0. The van der Waals surface area contributed by atoms with Crippen molar-refractivity contribution in [3.63, 3.8) is 0 Å². The summed E-state index contributed by atoms with van der Waals surface area (Å²) < 4.78 is 0. The number of aliphatic carboxylic acids is 2. The maximum absolute atomic E-state index is 9.64. The number of carbonyl (C=O) groups is 2. The van der Waals surface area contributed by atoms with Crippen molar-refractivity contribution in [3.8, 4) is 0 Å². The van der Waals surface area contributed by atoms with E-state index in [2.05, 4.69) is 0 Å². The smallest absolute Gasteiger partial charge is 0.303 e. The molecule has 0 aromatic carbocycles. The van der Waals surface area contributed by atoms with Crippen LogP contribution in [0.4, 0.5) is 0 Å². The lowest BCUT2D eigenvalue weighted by Crippen LogP contribution is -2.28. The number of carboxylic acid groups (broad SMARTS) is 2. The second kappa shape index (κ2) is 16.7. The second-order valence-corrected chi connectivity index (χ2v) is 3.18. The van der Waals surface area contributed by atoms with Gasteiger partial charge in [-0.15, -0.1) is 0 Å². The third-order valence-electron chi connectivity index (χ3n) is 1.42. The van der Waals surface area contributed by atoms with Crippen LogP contribution in [0, 0.1) is 0 Å². The minimum atomic E-state index is -1.08. The van der Waals surface area contributed by atoms with Crippen LogP contribution in [0.2, 0.25) is 0 Å². The van der Waals surface area contributed by atoms with Crippen LogP contribution in [-0.2, 0) is 24.1 Å². The van der Waals surface area contributed by atoms with Crippen molar-refractivity contribution in [2.24, 2.45) is 0 Å². The molecule has 5 N–H and O–H groups in total. The molecule has 11 nitrogen and oxygen atoms in total. The Labute approximate surface area is 120 Å². The molecule has 0 rings (SSSR count). The normalized spacial score (nSPS) is 10.1.